The molecule has 0 spiro atoms. The van der Waals surface area contributed by atoms with E-state index in [2.05, 4.69) is 0 Å². The molecule has 0 saturated carbocycles. The molecule has 0 radical (unpaired) electrons. The van der Waals surface area contributed by atoms with Gasteiger partial charge in [0.15, 0.2) is 5.41 Å². The lowest BCUT2D eigenvalue weighted by molar-refractivity contribution is -0.351. The number of rotatable bonds is 4. The topological polar surface area (TPSA) is 0 Å². The zero-order chi connectivity index (χ0) is 18.0. The van der Waals surface area contributed by atoms with E-state index in [4.69, 9.17) is 0 Å². The monoisotopic (exact) mass is 332 g/mol. The summed E-state index contributed by atoms with van der Waals surface area (Å²) in [6, 6.07) is 0. The van der Waals surface area contributed by atoms with Crippen molar-refractivity contribution < 1.29 is 26.3 Å². The average Bonchev–Trinajstić information content (AvgIpc) is 2.15. The van der Waals surface area contributed by atoms with Gasteiger partial charge in [-0.2, -0.15) is 26.3 Å². The lowest BCUT2D eigenvalue weighted by atomic mass is 9.70. The van der Waals surface area contributed by atoms with E-state index in [0.29, 0.717) is 0 Å². The minimum atomic E-state index is -5.33. The molecule has 0 fully saturated rings. The van der Waals surface area contributed by atoms with Gasteiger partial charge in [0.1, 0.15) is 0 Å². The highest BCUT2D eigenvalue weighted by Crippen LogP contribution is 2.58. The van der Waals surface area contributed by atoms with Crippen LogP contribution >= 0.6 is 0 Å². The summed E-state index contributed by atoms with van der Waals surface area (Å²) in [5.74, 6) is 0. The smallest absolute Gasteiger partial charge is 0.170 e. The fourth-order valence-corrected chi connectivity index (χ4v) is 2.40. The molecular formula is C16H26F6. The molecule has 0 unspecified atom stereocenters. The van der Waals surface area contributed by atoms with Crippen LogP contribution < -0.4 is 0 Å². The van der Waals surface area contributed by atoms with Crippen LogP contribution in [-0.4, -0.2) is 12.4 Å². The number of hydrogen-bond acceptors (Lipinski definition) is 0. The second-order valence-electron chi connectivity index (χ2n) is 8.12. The van der Waals surface area contributed by atoms with Gasteiger partial charge in [-0.15, -0.1) is 0 Å². The van der Waals surface area contributed by atoms with Crippen LogP contribution in [0.5, 0.6) is 0 Å². The van der Waals surface area contributed by atoms with E-state index in [-0.39, 0.29) is 11.8 Å². The van der Waals surface area contributed by atoms with Gasteiger partial charge in [-0.05, 0) is 30.1 Å². The zero-order valence-electron chi connectivity index (χ0n) is 14.0. The molecule has 0 aliphatic carbocycles. The third kappa shape index (κ3) is 6.21. The van der Waals surface area contributed by atoms with Crippen LogP contribution in [-0.2, 0) is 0 Å². The number of alkyl halides is 6. The SMILES string of the molecule is CC(C)(C)/C=C/CCC(CC(C)(C)C)(C(F)(F)F)C(F)(F)F. The highest BCUT2D eigenvalue weighted by Gasteiger charge is 2.70. The normalized spacial score (nSPS) is 15.6. The average molecular weight is 332 g/mol. The van der Waals surface area contributed by atoms with Gasteiger partial charge in [0, 0.05) is 0 Å². The molecule has 0 saturated heterocycles. The molecule has 0 atom stereocenters. The molecule has 0 aromatic rings. The highest BCUT2D eigenvalue weighted by molar-refractivity contribution is 4.99. The Balaban J connectivity index is 5.54. The lowest BCUT2D eigenvalue weighted by Gasteiger charge is -2.41. The number of allylic oxidation sites excluding steroid dienone is 2. The van der Waals surface area contributed by atoms with Gasteiger partial charge in [0.2, 0.25) is 0 Å². The molecule has 0 aliphatic rings. The second-order valence-corrected chi connectivity index (χ2v) is 8.12. The molecule has 0 nitrogen and oxygen atoms in total. The lowest BCUT2D eigenvalue weighted by Crippen LogP contribution is -2.52. The van der Waals surface area contributed by atoms with E-state index in [9.17, 15) is 26.3 Å². The predicted molar refractivity (Wildman–Crippen MR) is 76.4 cm³/mol. The molecular weight excluding hydrogens is 306 g/mol. The molecule has 0 aromatic heterocycles. The van der Waals surface area contributed by atoms with Crippen molar-refractivity contribution in [3.05, 3.63) is 12.2 Å². The van der Waals surface area contributed by atoms with Crippen LogP contribution in [0.4, 0.5) is 26.3 Å². The Morgan fingerprint density at radius 3 is 1.41 bits per heavy atom. The van der Waals surface area contributed by atoms with Crippen molar-refractivity contribution in [3.63, 3.8) is 0 Å². The molecule has 0 aliphatic heterocycles. The fourth-order valence-electron chi connectivity index (χ4n) is 2.40. The Kier molecular flexibility index (Phi) is 6.24. The number of hydrogen-bond donors (Lipinski definition) is 0. The molecule has 0 bridgehead atoms. The van der Waals surface area contributed by atoms with Crippen molar-refractivity contribution in [1.82, 2.24) is 0 Å². The summed E-state index contributed by atoms with van der Waals surface area (Å²) in [4.78, 5) is 0. The Morgan fingerprint density at radius 1 is 0.727 bits per heavy atom. The van der Waals surface area contributed by atoms with Gasteiger partial charge in [-0.1, -0.05) is 53.7 Å². The first-order chi connectivity index (χ1) is 9.41. The first-order valence-corrected chi connectivity index (χ1v) is 7.22. The van der Waals surface area contributed by atoms with Crippen molar-refractivity contribution in [2.75, 3.05) is 0 Å². The third-order valence-corrected chi connectivity index (χ3v) is 3.27. The van der Waals surface area contributed by atoms with Gasteiger partial charge >= 0.3 is 12.4 Å². The Morgan fingerprint density at radius 2 is 1.14 bits per heavy atom. The Labute approximate surface area is 129 Å². The summed E-state index contributed by atoms with van der Waals surface area (Å²) in [6.07, 6.45) is -9.81. The van der Waals surface area contributed by atoms with E-state index in [0.717, 1.165) is 0 Å². The first kappa shape index (κ1) is 21.3. The third-order valence-electron chi connectivity index (χ3n) is 3.27. The van der Waals surface area contributed by atoms with Crippen LogP contribution in [0.3, 0.4) is 0 Å². The van der Waals surface area contributed by atoms with E-state index in [1.165, 1.54) is 26.8 Å². The van der Waals surface area contributed by atoms with Crippen LogP contribution in [0.1, 0.15) is 60.8 Å². The van der Waals surface area contributed by atoms with Gasteiger partial charge in [-0.3, -0.25) is 0 Å². The molecule has 0 N–H and O–H groups in total. The molecule has 0 heterocycles. The number of halogens is 6. The van der Waals surface area contributed by atoms with E-state index in [1.54, 1.807) is 6.08 Å². The van der Waals surface area contributed by atoms with Gasteiger partial charge < -0.3 is 0 Å². The molecule has 0 amide bonds. The Hall–Kier alpha value is -0.680. The van der Waals surface area contributed by atoms with Crippen molar-refractivity contribution in [3.8, 4) is 0 Å². The minimum Gasteiger partial charge on any atom is -0.170 e. The Bertz CT molecular complexity index is 359. The van der Waals surface area contributed by atoms with E-state index in [1.807, 2.05) is 20.8 Å². The highest BCUT2D eigenvalue weighted by atomic mass is 19.4. The molecule has 132 valence electrons. The maximum atomic E-state index is 13.3. The van der Waals surface area contributed by atoms with Gasteiger partial charge in [0.05, 0.1) is 0 Å². The quantitative estimate of drug-likeness (QED) is 0.387. The largest absolute Gasteiger partial charge is 0.403 e. The second kappa shape index (κ2) is 6.44. The molecule has 0 aromatic carbocycles. The van der Waals surface area contributed by atoms with Crippen LogP contribution in [0.15, 0.2) is 12.2 Å². The summed E-state index contributed by atoms with van der Waals surface area (Å²) in [5, 5.41) is 0. The predicted octanol–water partition coefficient (Wildman–Crippen LogP) is 6.92. The van der Waals surface area contributed by atoms with Gasteiger partial charge in [0.25, 0.3) is 0 Å². The standard InChI is InChI=1S/C16H26F6/c1-12(2,3)9-7-8-10-14(15(17,18)19,16(20,21)22)11-13(4,5)6/h7,9H,8,10-11H2,1-6H3/b9-7+. The maximum Gasteiger partial charge on any atom is 0.403 e. The van der Waals surface area contributed by atoms with Crippen molar-refractivity contribution in [2.45, 2.75) is 73.2 Å². The summed E-state index contributed by atoms with van der Waals surface area (Å²) in [7, 11) is 0. The molecule has 6 heteroatoms. The summed E-state index contributed by atoms with van der Waals surface area (Å²) < 4.78 is 79.9. The van der Waals surface area contributed by atoms with E-state index >= 15 is 0 Å². The molecule has 0 rings (SSSR count). The summed E-state index contributed by atoms with van der Waals surface area (Å²) >= 11 is 0. The summed E-state index contributed by atoms with van der Waals surface area (Å²) in [6.45, 7) is 9.68. The van der Waals surface area contributed by atoms with Crippen molar-refractivity contribution >= 4 is 0 Å². The van der Waals surface area contributed by atoms with Crippen LogP contribution in [0.2, 0.25) is 0 Å². The first-order valence-electron chi connectivity index (χ1n) is 7.22. The van der Waals surface area contributed by atoms with E-state index < -0.39 is 36.0 Å². The minimum absolute atomic E-state index is 0.258. The van der Waals surface area contributed by atoms with Crippen molar-refractivity contribution in [1.29, 1.82) is 0 Å². The van der Waals surface area contributed by atoms with Crippen LogP contribution in [0.25, 0.3) is 0 Å². The fraction of sp³-hybridized carbons (Fsp3) is 0.875. The van der Waals surface area contributed by atoms with Gasteiger partial charge in [-0.25, -0.2) is 0 Å². The maximum absolute atomic E-state index is 13.3. The van der Waals surface area contributed by atoms with Crippen molar-refractivity contribution in [2.24, 2.45) is 16.2 Å². The zero-order valence-corrected chi connectivity index (χ0v) is 14.0. The molecule has 22 heavy (non-hydrogen) atoms. The summed E-state index contributed by atoms with van der Waals surface area (Å²) in [5.41, 5.74) is -5.03. The van der Waals surface area contributed by atoms with Crippen LogP contribution in [0, 0.1) is 16.2 Å².